The van der Waals surface area contributed by atoms with Crippen molar-refractivity contribution in [3.63, 3.8) is 0 Å². The van der Waals surface area contributed by atoms with Gasteiger partial charge < -0.3 is 10.3 Å². The summed E-state index contributed by atoms with van der Waals surface area (Å²) in [6, 6.07) is 4.54. The Bertz CT molecular complexity index is 593. The van der Waals surface area contributed by atoms with Gasteiger partial charge >= 0.3 is 0 Å². The number of anilines is 1. The minimum Gasteiger partial charge on any atom is -0.383 e. The van der Waals surface area contributed by atoms with Gasteiger partial charge in [0.05, 0.1) is 0 Å². The third kappa shape index (κ3) is 2.66. The summed E-state index contributed by atoms with van der Waals surface area (Å²) in [5, 5.41) is 0. The van der Waals surface area contributed by atoms with Crippen molar-refractivity contribution in [2.75, 3.05) is 5.73 Å². The topological polar surface area (TPSA) is 43.8 Å². The number of hydrogen-bond acceptors (Lipinski definition) is 2. The van der Waals surface area contributed by atoms with Gasteiger partial charge in [0.15, 0.2) is 0 Å². The summed E-state index contributed by atoms with van der Waals surface area (Å²) in [4.78, 5) is 4.56. The highest BCUT2D eigenvalue weighted by molar-refractivity contribution is 9.10. The van der Waals surface area contributed by atoms with E-state index in [9.17, 15) is 4.39 Å². The maximum absolute atomic E-state index is 13.4. The molecule has 19 heavy (non-hydrogen) atoms. The number of nitrogen functional groups attached to an aromatic ring is 1. The van der Waals surface area contributed by atoms with E-state index in [1.54, 1.807) is 6.07 Å². The molecule has 1 aromatic carbocycles. The average molecular weight is 326 g/mol. The quantitative estimate of drug-likeness (QED) is 0.923. The van der Waals surface area contributed by atoms with Gasteiger partial charge in [-0.25, -0.2) is 9.37 Å². The average Bonchev–Trinajstić information content (AvgIpc) is 2.70. The molecule has 5 heteroatoms. The predicted molar refractivity (Wildman–Crippen MR) is 79.4 cm³/mol. The minimum atomic E-state index is -0.291. The molecule has 0 atom stereocenters. The molecule has 2 aromatic rings. The van der Waals surface area contributed by atoms with Gasteiger partial charge in [0.25, 0.3) is 0 Å². The summed E-state index contributed by atoms with van der Waals surface area (Å²) in [5.74, 6) is 1.25. The number of aromatic nitrogens is 2. The zero-order chi connectivity index (χ0) is 14.0. The second-order valence-corrected chi connectivity index (χ2v) is 5.25. The van der Waals surface area contributed by atoms with Crippen molar-refractivity contribution < 1.29 is 4.39 Å². The highest BCUT2D eigenvalue weighted by Gasteiger charge is 2.17. The van der Waals surface area contributed by atoms with E-state index in [-0.39, 0.29) is 5.82 Å². The van der Waals surface area contributed by atoms with Gasteiger partial charge in [-0.2, -0.15) is 0 Å². The van der Waals surface area contributed by atoms with Gasteiger partial charge in [0, 0.05) is 23.0 Å². The Hall–Kier alpha value is -1.36. The van der Waals surface area contributed by atoms with Crippen molar-refractivity contribution in [1.29, 1.82) is 0 Å². The Morgan fingerprint density at radius 3 is 2.74 bits per heavy atom. The van der Waals surface area contributed by atoms with E-state index in [4.69, 9.17) is 5.73 Å². The van der Waals surface area contributed by atoms with Crippen LogP contribution in [0.4, 0.5) is 10.2 Å². The highest BCUT2D eigenvalue weighted by Crippen LogP contribution is 2.33. The van der Waals surface area contributed by atoms with Crippen LogP contribution in [0.2, 0.25) is 0 Å². The fraction of sp³-hybridized carbons (Fsp3) is 0.357. The molecule has 0 aliphatic rings. The van der Waals surface area contributed by atoms with E-state index in [2.05, 4.69) is 27.8 Å². The first kappa shape index (κ1) is 14.1. The van der Waals surface area contributed by atoms with Crippen molar-refractivity contribution in [2.24, 2.45) is 0 Å². The first-order valence-electron chi connectivity index (χ1n) is 6.38. The van der Waals surface area contributed by atoms with Gasteiger partial charge in [-0.3, -0.25) is 0 Å². The lowest BCUT2D eigenvalue weighted by atomic mass is 10.1. The third-order valence-electron chi connectivity index (χ3n) is 3.03. The molecule has 0 aliphatic carbocycles. The van der Waals surface area contributed by atoms with Crippen LogP contribution in [-0.4, -0.2) is 9.55 Å². The second-order valence-electron chi connectivity index (χ2n) is 4.39. The normalized spacial score (nSPS) is 10.9. The zero-order valence-electron chi connectivity index (χ0n) is 11.1. The molecule has 102 valence electrons. The second kappa shape index (κ2) is 5.74. The fourth-order valence-electron chi connectivity index (χ4n) is 2.13. The first-order chi connectivity index (χ1) is 9.08. The molecule has 2 N–H and O–H groups in total. The molecule has 2 rings (SSSR count). The van der Waals surface area contributed by atoms with Crippen LogP contribution in [-0.2, 0) is 13.0 Å². The SMILES string of the molecule is CCCn1c(CC)nc(-c2cc(F)ccc2Br)c1N. The maximum Gasteiger partial charge on any atom is 0.131 e. The van der Waals surface area contributed by atoms with Crippen LogP contribution < -0.4 is 5.73 Å². The standard InChI is InChI=1S/C14H17BrFN3/c1-3-7-19-12(4-2)18-13(14(19)17)10-8-9(16)5-6-11(10)15/h5-6,8H,3-4,7,17H2,1-2H3. The number of hydrogen-bond donors (Lipinski definition) is 1. The number of imidazole rings is 1. The number of halogens is 2. The molecule has 0 bridgehead atoms. The van der Waals surface area contributed by atoms with Crippen molar-refractivity contribution in [2.45, 2.75) is 33.2 Å². The molecule has 1 heterocycles. The Morgan fingerprint density at radius 1 is 1.37 bits per heavy atom. The molecule has 0 spiro atoms. The van der Waals surface area contributed by atoms with E-state index < -0.39 is 0 Å². The van der Waals surface area contributed by atoms with Crippen molar-refractivity contribution in [1.82, 2.24) is 9.55 Å². The fourth-order valence-corrected chi connectivity index (χ4v) is 2.57. The van der Waals surface area contributed by atoms with Crippen LogP contribution in [0.3, 0.4) is 0 Å². The molecular weight excluding hydrogens is 309 g/mol. The summed E-state index contributed by atoms with van der Waals surface area (Å²) in [5.41, 5.74) is 7.52. The summed E-state index contributed by atoms with van der Waals surface area (Å²) in [6.45, 7) is 4.96. The van der Waals surface area contributed by atoms with Crippen LogP contribution >= 0.6 is 15.9 Å². The molecule has 3 nitrogen and oxygen atoms in total. The van der Waals surface area contributed by atoms with Crippen LogP contribution in [0.15, 0.2) is 22.7 Å². The van der Waals surface area contributed by atoms with E-state index in [0.29, 0.717) is 17.1 Å². The Labute approximate surface area is 120 Å². The number of rotatable bonds is 4. The van der Waals surface area contributed by atoms with Crippen LogP contribution in [0.5, 0.6) is 0 Å². The van der Waals surface area contributed by atoms with Gasteiger partial charge in [-0.05, 0) is 24.6 Å². The summed E-state index contributed by atoms with van der Waals surface area (Å²) >= 11 is 3.42. The number of nitrogens with zero attached hydrogens (tertiary/aromatic N) is 2. The maximum atomic E-state index is 13.4. The Morgan fingerprint density at radius 2 is 2.11 bits per heavy atom. The number of aryl methyl sites for hydroxylation is 1. The Balaban J connectivity index is 2.59. The number of nitrogens with two attached hydrogens (primary N) is 1. The lowest BCUT2D eigenvalue weighted by Gasteiger charge is -2.07. The lowest BCUT2D eigenvalue weighted by molar-refractivity contribution is 0.628. The molecule has 0 aliphatic heterocycles. The summed E-state index contributed by atoms with van der Waals surface area (Å²) in [6.07, 6.45) is 1.79. The van der Waals surface area contributed by atoms with Gasteiger partial charge in [-0.15, -0.1) is 0 Å². The smallest absolute Gasteiger partial charge is 0.131 e. The summed E-state index contributed by atoms with van der Waals surface area (Å²) in [7, 11) is 0. The van der Waals surface area contributed by atoms with Crippen molar-refractivity contribution in [3.05, 3.63) is 34.3 Å². The van der Waals surface area contributed by atoms with E-state index in [1.165, 1.54) is 12.1 Å². The van der Waals surface area contributed by atoms with E-state index in [1.807, 2.05) is 11.5 Å². The largest absolute Gasteiger partial charge is 0.383 e. The molecule has 0 saturated heterocycles. The molecule has 0 amide bonds. The van der Waals surface area contributed by atoms with Gasteiger partial charge in [0.2, 0.25) is 0 Å². The summed E-state index contributed by atoms with van der Waals surface area (Å²) < 4.78 is 16.2. The van der Waals surface area contributed by atoms with Crippen LogP contribution in [0, 0.1) is 5.82 Å². The van der Waals surface area contributed by atoms with Gasteiger partial charge in [-0.1, -0.05) is 29.8 Å². The first-order valence-corrected chi connectivity index (χ1v) is 7.18. The molecule has 1 aromatic heterocycles. The molecule has 0 unspecified atom stereocenters. The van der Waals surface area contributed by atoms with E-state index in [0.717, 1.165) is 29.7 Å². The monoisotopic (exact) mass is 325 g/mol. The van der Waals surface area contributed by atoms with Gasteiger partial charge in [0.1, 0.15) is 23.2 Å². The van der Waals surface area contributed by atoms with Crippen LogP contribution in [0.1, 0.15) is 26.1 Å². The third-order valence-corrected chi connectivity index (χ3v) is 3.72. The van der Waals surface area contributed by atoms with Crippen LogP contribution in [0.25, 0.3) is 11.3 Å². The Kier molecular flexibility index (Phi) is 4.24. The lowest BCUT2D eigenvalue weighted by Crippen LogP contribution is -2.06. The molecule has 0 saturated carbocycles. The highest BCUT2D eigenvalue weighted by atomic mass is 79.9. The predicted octanol–water partition coefficient (Wildman–Crippen LogP) is 4.01. The number of benzene rings is 1. The van der Waals surface area contributed by atoms with Crippen molar-refractivity contribution in [3.8, 4) is 11.3 Å². The molecule has 0 radical (unpaired) electrons. The van der Waals surface area contributed by atoms with E-state index >= 15 is 0 Å². The zero-order valence-corrected chi connectivity index (χ0v) is 12.7. The van der Waals surface area contributed by atoms with Crippen molar-refractivity contribution >= 4 is 21.7 Å². The molecule has 0 fully saturated rings. The molecular formula is C14H17BrFN3. The minimum absolute atomic E-state index is 0.291.